The highest BCUT2D eigenvalue weighted by atomic mass is 32.1. The Labute approximate surface area is 160 Å². The lowest BCUT2D eigenvalue weighted by Crippen LogP contribution is -2.18. The summed E-state index contributed by atoms with van der Waals surface area (Å²) in [6.07, 6.45) is -0.722. The van der Waals surface area contributed by atoms with E-state index in [2.05, 4.69) is 24.9 Å². The number of nitriles is 1. The molecule has 0 atom stereocenters. The van der Waals surface area contributed by atoms with Crippen LogP contribution in [0.25, 0.3) is 5.82 Å². The van der Waals surface area contributed by atoms with Gasteiger partial charge >= 0.3 is 6.18 Å². The van der Waals surface area contributed by atoms with Gasteiger partial charge in [-0.3, -0.25) is 4.79 Å². The van der Waals surface area contributed by atoms with Crippen LogP contribution in [0.15, 0.2) is 24.7 Å². The van der Waals surface area contributed by atoms with Gasteiger partial charge in [-0.25, -0.2) is 4.98 Å². The molecule has 0 aromatic carbocycles. The summed E-state index contributed by atoms with van der Waals surface area (Å²) in [6.45, 7) is 3.13. The number of hydrogen-bond acceptors (Lipinski definition) is 7. The van der Waals surface area contributed by atoms with E-state index >= 15 is 0 Å². The van der Waals surface area contributed by atoms with E-state index in [4.69, 9.17) is 0 Å². The van der Waals surface area contributed by atoms with Crippen LogP contribution in [0.2, 0.25) is 0 Å². The minimum Gasteiger partial charge on any atom is -0.320 e. The molecule has 0 aliphatic carbocycles. The van der Waals surface area contributed by atoms with Crippen LogP contribution in [0.4, 0.5) is 18.9 Å². The average molecular weight is 407 g/mol. The van der Waals surface area contributed by atoms with Gasteiger partial charge in [0.05, 0.1) is 30.0 Å². The lowest BCUT2D eigenvalue weighted by molar-refractivity contribution is -0.138. The molecule has 8 nitrogen and oxygen atoms in total. The van der Waals surface area contributed by atoms with Crippen LogP contribution in [-0.2, 0) is 6.18 Å². The van der Waals surface area contributed by atoms with Crippen LogP contribution >= 0.6 is 11.5 Å². The smallest absolute Gasteiger partial charge is 0.320 e. The zero-order valence-electron chi connectivity index (χ0n) is 14.5. The maximum atomic E-state index is 13.4. The van der Waals surface area contributed by atoms with Crippen molar-refractivity contribution in [3.05, 3.63) is 46.4 Å². The standard InChI is InChI=1S/C16H12F3N7OS/c1-8(2)12-11(16(17,18)19)13(28-25-12)15(27)24-10-5-9(6-20)14(21-7-10)26-22-3-4-23-26/h3-5,7-8H,1-2H3,(H,24,27). The van der Waals surface area contributed by atoms with Gasteiger partial charge in [0.25, 0.3) is 5.91 Å². The first-order valence-electron chi connectivity index (χ1n) is 7.87. The molecule has 0 radical (unpaired) electrons. The molecule has 0 aliphatic rings. The third-order valence-corrected chi connectivity index (χ3v) is 4.47. The van der Waals surface area contributed by atoms with Crippen molar-refractivity contribution in [2.45, 2.75) is 25.9 Å². The second-order valence-electron chi connectivity index (χ2n) is 5.90. The van der Waals surface area contributed by atoms with Gasteiger partial charge in [-0.1, -0.05) is 13.8 Å². The number of halogens is 3. The largest absolute Gasteiger partial charge is 0.419 e. The molecule has 1 N–H and O–H groups in total. The molecule has 0 spiro atoms. The Hall–Kier alpha value is -3.33. The van der Waals surface area contributed by atoms with E-state index in [-0.39, 0.29) is 22.8 Å². The van der Waals surface area contributed by atoms with Crippen LogP contribution in [0.5, 0.6) is 0 Å². The van der Waals surface area contributed by atoms with E-state index < -0.39 is 28.4 Å². The van der Waals surface area contributed by atoms with Crippen LogP contribution in [0, 0.1) is 11.3 Å². The summed E-state index contributed by atoms with van der Waals surface area (Å²) in [5.74, 6) is -1.35. The molecule has 144 valence electrons. The highest BCUT2D eigenvalue weighted by Crippen LogP contribution is 2.39. The molecule has 1 amide bonds. The molecule has 0 aliphatic heterocycles. The van der Waals surface area contributed by atoms with E-state index in [1.165, 1.54) is 24.7 Å². The molecular weight excluding hydrogens is 395 g/mol. The van der Waals surface area contributed by atoms with Gasteiger partial charge in [-0.15, -0.1) is 4.80 Å². The second kappa shape index (κ2) is 7.35. The summed E-state index contributed by atoms with van der Waals surface area (Å²) in [4.78, 5) is 17.0. The molecule has 3 aromatic heterocycles. The molecule has 0 fully saturated rings. The van der Waals surface area contributed by atoms with Crippen LogP contribution in [-0.4, -0.2) is 30.3 Å². The van der Waals surface area contributed by atoms with Crippen LogP contribution in [0.1, 0.15) is 46.3 Å². The maximum absolute atomic E-state index is 13.4. The Morgan fingerprint density at radius 1 is 1.32 bits per heavy atom. The van der Waals surface area contributed by atoms with Crippen molar-refractivity contribution < 1.29 is 18.0 Å². The number of nitrogens with zero attached hydrogens (tertiary/aromatic N) is 6. The summed E-state index contributed by atoms with van der Waals surface area (Å²) in [5, 5.41) is 19.3. The average Bonchev–Trinajstić information content (AvgIpc) is 3.30. The number of hydrogen-bond donors (Lipinski definition) is 1. The summed E-state index contributed by atoms with van der Waals surface area (Å²) in [7, 11) is 0. The number of pyridine rings is 1. The highest BCUT2D eigenvalue weighted by molar-refractivity contribution is 7.08. The van der Waals surface area contributed by atoms with Gasteiger partial charge in [0.2, 0.25) is 0 Å². The van der Waals surface area contributed by atoms with Gasteiger partial charge in [0.1, 0.15) is 22.1 Å². The van der Waals surface area contributed by atoms with Gasteiger partial charge in [0.15, 0.2) is 5.82 Å². The monoisotopic (exact) mass is 407 g/mol. The fourth-order valence-corrected chi connectivity index (χ4v) is 3.34. The van der Waals surface area contributed by atoms with Gasteiger partial charge in [-0.2, -0.15) is 33.0 Å². The summed E-state index contributed by atoms with van der Waals surface area (Å²) in [6, 6.07) is 3.17. The number of aromatic nitrogens is 5. The van der Waals surface area contributed by atoms with E-state index in [0.29, 0.717) is 11.5 Å². The van der Waals surface area contributed by atoms with Crippen LogP contribution < -0.4 is 5.32 Å². The molecular formula is C16H12F3N7OS. The minimum absolute atomic E-state index is 0.0391. The molecule has 28 heavy (non-hydrogen) atoms. The number of carbonyl (C=O) groups excluding carboxylic acids is 1. The Balaban J connectivity index is 1.93. The Bertz CT molecular complexity index is 1050. The van der Waals surface area contributed by atoms with Crippen LogP contribution in [0.3, 0.4) is 0 Å². The lowest BCUT2D eigenvalue weighted by atomic mass is 10.0. The van der Waals surface area contributed by atoms with Crippen molar-refractivity contribution in [2.75, 3.05) is 5.32 Å². The predicted molar refractivity (Wildman–Crippen MR) is 93.0 cm³/mol. The summed E-state index contributed by atoms with van der Waals surface area (Å²) in [5.41, 5.74) is -1.13. The first kappa shape index (κ1) is 19.4. The first-order valence-corrected chi connectivity index (χ1v) is 8.64. The Kier molecular flexibility index (Phi) is 5.10. The fraction of sp³-hybridized carbons (Fsp3) is 0.250. The summed E-state index contributed by atoms with van der Waals surface area (Å²) < 4.78 is 44.1. The normalized spacial score (nSPS) is 11.5. The summed E-state index contributed by atoms with van der Waals surface area (Å²) >= 11 is 0.478. The highest BCUT2D eigenvalue weighted by Gasteiger charge is 2.41. The molecule has 0 saturated heterocycles. The lowest BCUT2D eigenvalue weighted by Gasteiger charge is -2.12. The van der Waals surface area contributed by atoms with E-state index in [1.807, 2.05) is 6.07 Å². The number of alkyl halides is 3. The zero-order valence-corrected chi connectivity index (χ0v) is 15.3. The Morgan fingerprint density at radius 3 is 2.57 bits per heavy atom. The predicted octanol–water partition coefficient (Wildman–Crippen LogP) is 3.38. The van der Waals surface area contributed by atoms with Crippen molar-refractivity contribution in [3.63, 3.8) is 0 Å². The maximum Gasteiger partial charge on any atom is 0.419 e. The van der Waals surface area contributed by atoms with Gasteiger partial charge in [-0.05, 0) is 23.5 Å². The quantitative estimate of drug-likeness (QED) is 0.710. The van der Waals surface area contributed by atoms with E-state index in [0.717, 1.165) is 4.80 Å². The third-order valence-electron chi connectivity index (χ3n) is 3.61. The van der Waals surface area contributed by atoms with Crippen molar-refractivity contribution in [2.24, 2.45) is 0 Å². The SMILES string of the molecule is CC(C)c1nsc(C(=O)Nc2cnc(-n3nccn3)c(C#N)c2)c1C(F)(F)F. The number of nitrogens with one attached hydrogen (secondary N) is 1. The van der Waals surface area contributed by atoms with Crippen molar-refractivity contribution in [1.29, 1.82) is 5.26 Å². The molecule has 0 saturated carbocycles. The second-order valence-corrected chi connectivity index (χ2v) is 6.68. The molecule has 0 bridgehead atoms. The van der Waals surface area contributed by atoms with Gasteiger partial charge in [0, 0.05) is 0 Å². The van der Waals surface area contributed by atoms with E-state index in [9.17, 15) is 23.2 Å². The molecule has 3 heterocycles. The van der Waals surface area contributed by atoms with E-state index in [1.54, 1.807) is 13.8 Å². The number of amides is 1. The van der Waals surface area contributed by atoms with Crippen molar-refractivity contribution in [3.8, 4) is 11.9 Å². The molecule has 3 rings (SSSR count). The van der Waals surface area contributed by atoms with Gasteiger partial charge < -0.3 is 5.32 Å². The fourth-order valence-electron chi connectivity index (χ4n) is 2.41. The molecule has 12 heteroatoms. The third kappa shape index (κ3) is 3.70. The topological polar surface area (TPSA) is 109 Å². The first-order chi connectivity index (χ1) is 13.2. The number of carbonyl (C=O) groups is 1. The number of rotatable bonds is 4. The van der Waals surface area contributed by atoms with Crippen molar-refractivity contribution in [1.82, 2.24) is 24.4 Å². The van der Waals surface area contributed by atoms with Crippen molar-refractivity contribution >= 4 is 23.1 Å². The molecule has 3 aromatic rings. The molecule has 0 unspecified atom stereocenters. The zero-order chi connectivity index (χ0) is 20.5. The Morgan fingerprint density at radius 2 is 2.00 bits per heavy atom. The number of anilines is 1. The minimum atomic E-state index is -4.72.